The zero-order valence-corrected chi connectivity index (χ0v) is 22.4. The quantitative estimate of drug-likeness (QED) is 0.316. The Bertz CT molecular complexity index is 1130. The number of ketones is 1. The first-order valence-corrected chi connectivity index (χ1v) is 13.2. The molecule has 1 heterocycles. The number of carboxylic acid groups (broad SMARTS) is 1. The van der Waals surface area contributed by atoms with E-state index in [0.29, 0.717) is 43.5 Å². The van der Waals surface area contributed by atoms with E-state index in [9.17, 15) is 19.2 Å². The van der Waals surface area contributed by atoms with Crippen LogP contribution in [0.25, 0.3) is 0 Å². The van der Waals surface area contributed by atoms with Gasteiger partial charge in [0.15, 0.2) is 6.61 Å². The molecule has 2 aromatic rings. The number of likely N-dealkylation sites (tertiary alicyclic amines) is 1. The van der Waals surface area contributed by atoms with E-state index < -0.39 is 47.8 Å². The molecule has 204 valence electrons. The first-order valence-electron chi connectivity index (χ1n) is 13.2. The number of benzene rings is 2. The monoisotopic (exact) mass is 523 g/mol. The van der Waals surface area contributed by atoms with Crippen LogP contribution < -0.4 is 4.74 Å². The minimum absolute atomic E-state index is 0.331. The molecule has 1 saturated heterocycles. The molecule has 2 atom stereocenters. The number of hydrogen-bond acceptors (Lipinski definition) is 6. The Balaban J connectivity index is 1.82. The van der Waals surface area contributed by atoms with Crippen molar-refractivity contribution in [2.75, 3.05) is 13.2 Å². The molecule has 8 heteroatoms. The van der Waals surface area contributed by atoms with Crippen LogP contribution in [0.5, 0.6) is 5.75 Å². The van der Waals surface area contributed by atoms with Crippen molar-refractivity contribution in [1.29, 1.82) is 0 Å². The fourth-order valence-electron chi connectivity index (χ4n) is 4.40. The van der Waals surface area contributed by atoms with Gasteiger partial charge in [0, 0.05) is 12.0 Å². The molecule has 8 nitrogen and oxygen atoms in total. The second-order valence-electron chi connectivity index (χ2n) is 10.3. The molecule has 38 heavy (non-hydrogen) atoms. The molecule has 0 spiro atoms. The Kier molecular flexibility index (Phi) is 10.0. The number of ether oxygens (including phenoxy) is 2. The van der Waals surface area contributed by atoms with Crippen molar-refractivity contribution in [1.82, 2.24) is 4.90 Å². The van der Waals surface area contributed by atoms with Gasteiger partial charge >= 0.3 is 11.9 Å². The molecule has 2 aromatic carbocycles. The fraction of sp³-hybridized carbons (Fsp3) is 0.467. The number of esters is 1. The molecule has 1 aliphatic heterocycles. The Hall–Kier alpha value is -3.68. The van der Waals surface area contributed by atoms with E-state index in [0.717, 1.165) is 18.4 Å². The van der Waals surface area contributed by atoms with Crippen molar-refractivity contribution in [3.63, 3.8) is 0 Å². The molecule has 1 amide bonds. The van der Waals surface area contributed by atoms with E-state index in [-0.39, 0.29) is 0 Å². The van der Waals surface area contributed by atoms with Crippen molar-refractivity contribution < 1.29 is 33.8 Å². The van der Waals surface area contributed by atoms with Gasteiger partial charge in [-0.2, -0.15) is 0 Å². The Morgan fingerprint density at radius 2 is 1.79 bits per heavy atom. The average Bonchev–Trinajstić information content (AvgIpc) is 2.93. The minimum Gasteiger partial charge on any atom is -0.482 e. The molecule has 0 saturated carbocycles. The smallest absolute Gasteiger partial charge is 0.341 e. The van der Waals surface area contributed by atoms with Crippen LogP contribution in [0, 0.1) is 5.41 Å². The third kappa shape index (κ3) is 7.66. The maximum atomic E-state index is 13.5. The summed E-state index contributed by atoms with van der Waals surface area (Å²) in [4.78, 5) is 51.9. The van der Waals surface area contributed by atoms with Gasteiger partial charge in [-0.3, -0.25) is 9.59 Å². The molecule has 1 aliphatic rings. The third-order valence-electron chi connectivity index (χ3n) is 7.12. The van der Waals surface area contributed by atoms with Crippen molar-refractivity contribution in [3.05, 3.63) is 65.7 Å². The molecule has 0 bridgehead atoms. The van der Waals surface area contributed by atoms with Crippen molar-refractivity contribution in [2.45, 2.75) is 71.4 Å². The number of nitrogens with zero attached hydrogens (tertiary/aromatic N) is 1. The minimum atomic E-state index is -1.09. The number of carboxylic acids is 1. The van der Waals surface area contributed by atoms with Crippen LogP contribution in [0.2, 0.25) is 0 Å². The third-order valence-corrected chi connectivity index (χ3v) is 7.12. The van der Waals surface area contributed by atoms with Gasteiger partial charge in [-0.1, -0.05) is 63.2 Å². The number of rotatable bonds is 12. The standard InChI is InChI=1S/C30H37NO7/c1-4-30(2,3)27(34)28(35)31-18-9-8-15-24(31)29(36)38-25(17-16-21-11-6-5-7-12-21)22-13-10-14-23(19-22)37-20-26(32)33/h5-7,10-14,19,24-25H,4,8-9,15-18,20H2,1-3H3,(H,32,33)/t24-,25+/m0/s1. The molecule has 1 fully saturated rings. The first kappa shape index (κ1) is 28.9. The van der Waals surface area contributed by atoms with Crippen LogP contribution in [0.1, 0.15) is 70.1 Å². The lowest BCUT2D eigenvalue weighted by Gasteiger charge is -2.36. The number of piperidine rings is 1. The molecule has 0 aromatic heterocycles. The fourth-order valence-corrected chi connectivity index (χ4v) is 4.40. The van der Waals surface area contributed by atoms with Gasteiger partial charge in [-0.05, 0) is 61.8 Å². The number of aliphatic carboxylic acids is 1. The van der Waals surface area contributed by atoms with Crippen molar-refractivity contribution in [2.24, 2.45) is 5.41 Å². The lowest BCUT2D eigenvalue weighted by molar-refractivity contribution is -0.164. The van der Waals surface area contributed by atoms with E-state index in [1.165, 1.54) is 4.90 Å². The van der Waals surface area contributed by atoms with E-state index in [4.69, 9.17) is 14.6 Å². The maximum Gasteiger partial charge on any atom is 0.341 e. The summed E-state index contributed by atoms with van der Waals surface area (Å²) < 4.78 is 11.4. The van der Waals surface area contributed by atoms with E-state index >= 15 is 0 Å². The summed E-state index contributed by atoms with van der Waals surface area (Å²) in [5, 5.41) is 8.95. The Morgan fingerprint density at radius 1 is 1.05 bits per heavy atom. The topological polar surface area (TPSA) is 110 Å². The highest BCUT2D eigenvalue weighted by Crippen LogP contribution is 2.30. The SMILES string of the molecule is CCC(C)(C)C(=O)C(=O)N1CCCC[C@H]1C(=O)O[C@H](CCc1ccccc1)c1cccc(OCC(=O)O)c1. The second-order valence-corrected chi connectivity index (χ2v) is 10.3. The van der Waals surface area contributed by atoms with Gasteiger partial charge in [-0.15, -0.1) is 0 Å². The van der Waals surface area contributed by atoms with Gasteiger partial charge in [-0.25, -0.2) is 9.59 Å². The second kappa shape index (κ2) is 13.2. The largest absolute Gasteiger partial charge is 0.482 e. The zero-order valence-electron chi connectivity index (χ0n) is 22.4. The average molecular weight is 524 g/mol. The number of carbonyl (C=O) groups is 4. The lowest BCUT2D eigenvalue weighted by atomic mass is 9.84. The summed E-state index contributed by atoms with van der Waals surface area (Å²) in [5.41, 5.74) is 0.931. The van der Waals surface area contributed by atoms with Crippen LogP contribution in [0.3, 0.4) is 0 Å². The van der Waals surface area contributed by atoms with Crippen LogP contribution >= 0.6 is 0 Å². The van der Waals surface area contributed by atoms with Crippen molar-refractivity contribution in [3.8, 4) is 5.75 Å². The van der Waals surface area contributed by atoms with Gasteiger partial charge in [0.25, 0.3) is 5.91 Å². The van der Waals surface area contributed by atoms with Gasteiger partial charge in [0.2, 0.25) is 5.78 Å². The van der Waals surface area contributed by atoms with Gasteiger partial charge in [0.05, 0.1) is 0 Å². The highest BCUT2D eigenvalue weighted by Gasteiger charge is 2.41. The van der Waals surface area contributed by atoms with E-state index in [1.54, 1.807) is 38.1 Å². The highest BCUT2D eigenvalue weighted by atomic mass is 16.5. The molecule has 3 rings (SSSR count). The highest BCUT2D eigenvalue weighted by molar-refractivity contribution is 6.38. The van der Waals surface area contributed by atoms with Gasteiger partial charge < -0.3 is 19.5 Å². The number of amides is 1. The van der Waals surface area contributed by atoms with Gasteiger partial charge in [0.1, 0.15) is 17.9 Å². The predicted molar refractivity (Wildman–Crippen MR) is 142 cm³/mol. The number of Topliss-reactive ketones (excluding diaryl/α,β-unsaturated/α-hetero) is 1. The molecule has 0 aliphatic carbocycles. The Labute approximate surface area is 223 Å². The summed E-state index contributed by atoms with van der Waals surface area (Å²) in [6, 6.07) is 15.8. The van der Waals surface area contributed by atoms with Crippen LogP contribution in [0.15, 0.2) is 54.6 Å². The zero-order chi connectivity index (χ0) is 27.7. The van der Waals surface area contributed by atoms with E-state index in [1.807, 2.05) is 37.3 Å². The normalized spacial score (nSPS) is 16.4. The summed E-state index contributed by atoms with van der Waals surface area (Å²) in [7, 11) is 0. The Morgan fingerprint density at radius 3 is 2.47 bits per heavy atom. The van der Waals surface area contributed by atoms with E-state index in [2.05, 4.69) is 0 Å². The molecular weight excluding hydrogens is 486 g/mol. The number of hydrogen-bond donors (Lipinski definition) is 1. The summed E-state index contributed by atoms with van der Waals surface area (Å²) in [5.74, 6) is -2.42. The summed E-state index contributed by atoms with van der Waals surface area (Å²) >= 11 is 0. The maximum absolute atomic E-state index is 13.5. The molecule has 1 N–H and O–H groups in total. The molecule has 0 radical (unpaired) electrons. The summed E-state index contributed by atoms with van der Waals surface area (Å²) in [6.45, 7) is 5.18. The first-order chi connectivity index (χ1) is 18.1. The van der Waals surface area contributed by atoms with Crippen LogP contribution in [-0.2, 0) is 30.3 Å². The van der Waals surface area contributed by atoms with Crippen LogP contribution in [-0.4, -0.2) is 52.8 Å². The summed E-state index contributed by atoms with van der Waals surface area (Å²) in [6.07, 6.45) is 2.87. The number of carbonyl (C=O) groups excluding carboxylic acids is 3. The predicted octanol–water partition coefficient (Wildman–Crippen LogP) is 4.75. The van der Waals surface area contributed by atoms with Crippen LogP contribution in [0.4, 0.5) is 0 Å². The van der Waals surface area contributed by atoms with Crippen molar-refractivity contribution >= 4 is 23.6 Å². The molecule has 0 unspecified atom stereocenters. The number of aryl methyl sites for hydroxylation is 1. The molecular formula is C30H37NO7. The lowest BCUT2D eigenvalue weighted by Crippen LogP contribution is -2.53.